The fourth-order valence-electron chi connectivity index (χ4n) is 5.15. The van der Waals surface area contributed by atoms with Crippen LogP contribution in [0.2, 0.25) is 0 Å². The molecule has 0 bridgehead atoms. The van der Waals surface area contributed by atoms with Gasteiger partial charge in [-0.2, -0.15) is 0 Å². The van der Waals surface area contributed by atoms with E-state index in [-0.39, 0.29) is 19.4 Å². The summed E-state index contributed by atoms with van der Waals surface area (Å²) in [6.07, 6.45) is 5.40. The molecule has 0 aliphatic rings. The van der Waals surface area contributed by atoms with Crippen molar-refractivity contribution < 1.29 is 28.7 Å². The maximum Gasteiger partial charge on any atom is 0.408 e. The van der Waals surface area contributed by atoms with Gasteiger partial charge < -0.3 is 25.0 Å². The molecular formula is C39H47N3O6. The van der Waals surface area contributed by atoms with E-state index < -0.39 is 53.2 Å². The van der Waals surface area contributed by atoms with Crippen molar-refractivity contribution in [3.63, 3.8) is 0 Å². The Hall–Kier alpha value is -5.10. The second-order valence-corrected chi connectivity index (χ2v) is 13.4. The lowest BCUT2D eigenvalue weighted by atomic mass is 9.96. The van der Waals surface area contributed by atoms with Gasteiger partial charge in [0.1, 0.15) is 29.3 Å². The van der Waals surface area contributed by atoms with Crippen LogP contribution in [0.25, 0.3) is 0 Å². The third-order valence-corrected chi connectivity index (χ3v) is 7.16. The maximum absolute atomic E-state index is 14.5. The van der Waals surface area contributed by atoms with E-state index in [1.54, 1.807) is 72.7 Å². The van der Waals surface area contributed by atoms with Gasteiger partial charge in [0.25, 0.3) is 0 Å². The van der Waals surface area contributed by atoms with E-state index in [2.05, 4.69) is 16.6 Å². The monoisotopic (exact) mass is 653 g/mol. The standard InChI is InChI=1S/C39H47N3O6/c1-9-29-23-17-18-24-30(29)33(34(43)40-32(36(45)47-38(3,4)5)26-28-21-15-12-16-22-28)42(10-2)35(44)31(25-27-19-13-11-14-20-27)41-37(46)48-39(6,7)8/h1,11-24,31-33H,10,25-26H2,2-8H3,(H,40,43)(H,41,46). The van der Waals surface area contributed by atoms with Gasteiger partial charge in [-0.3, -0.25) is 9.59 Å². The summed E-state index contributed by atoms with van der Waals surface area (Å²) in [6.45, 7) is 12.2. The first kappa shape index (κ1) is 37.4. The normalized spacial score (nSPS) is 13.2. The number of hydrogen-bond donors (Lipinski definition) is 2. The summed E-state index contributed by atoms with van der Waals surface area (Å²) in [6, 6.07) is 21.9. The van der Waals surface area contributed by atoms with Gasteiger partial charge in [0, 0.05) is 24.9 Å². The fourth-order valence-corrected chi connectivity index (χ4v) is 5.15. The second-order valence-electron chi connectivity index (χ2n) is 13.4. The minimum absolute atomic E-state index is 0.0763. The van der Waals surface area contributed by atoms with Gasteiger partial charge in [0.05, 0.1) is 0 Å². The van der Waals surface area contributed by atoms with Crippen molar-refractivity contribution in [2.24, 2.45) is 0 Å². The van der Waals surface area contributed by atoms with Crippen molar-refractivity contribution in [1.29, 1.82) is 0 Å². The average molecular weight is 654 g/mol. The van der Waals surface area contributed by atoms with E-state index in [1.807, 2.05) is 60.7 Å². The summed E-state index contributed by atoms with van der Waals surface area (Å²) in [5.74, 6) is 0.844. The molecule has 0 aromatic heterocycles. The summed E-state index contributed by atoms with van der Waals surface area (Å²) in [5.41, 5.74) is 0.781. The lowest BCUT2D eigenvalue weighted by Gasteiger charge is -2.35. The number of rotatable bonds is 12. The van der Waals surface area contributed by atoms with Crippen LogP contribution >= 0.6 is 0 Å². The third-order valence-electron chi connectivity index (χ3n) is 7.16. The number of nitrogens with one attached hydrogen (secondary N) is 2. The molecule has 0 radical (unpaired) electrons. The van der Waals surface area contributed by atoms with E-state index in [9.17, 15) is 19.2 Å². The molecule has 3 aromatic carbocycles. The second kappa shape index (κ2) is 16.6. The number of terminal acetylenes is 1. The fraction of sp³-hybridized carbons (Fsp3) is 0.385. The van der Waals surface area contributed by atoms with Gasteiger partial charge in [0.15, 0.2) is 0 Å². The predicted molar refractivity (Wildman–Crippen MR) is 186 cm³/mol. The van der Waals surface area contributed by atoms with Crippen LogP contribution in [0.3, 0.4) is 0 Å². The zero-order valence-corrected chi connectivity index (χ0v) is 28.9. The summed E-state index contributed by atoms with van der Waals surface area (Å²) >= 11 is 0. The molecule has 3 rings (SSSR count). The van der Waals surface area contributed by atoms with E-state index in [4.69, 9.17) is 15.9 Å². The van der Waals surface area contributed by atoms with E-state index in [0.29, 0.717) is 11.1 Å². The highest BCUT2D eigenvalue weighted by Gasteiger charge is 2.38. The Morgan fingerprint density at radius 1 is 0.729 bits per heavy atom. The highest BCUT2D eigenvalue weighted by molar-refractivity contribution is 5.94. The lowest BCUT2D eigenvalue weighted by molar-refractivity contribution is -0.159. The maximum atomic E-state index is 14.5. The van der Waals surface area contributed by atoms with Gasteiger partial charge in [-0.25, -0.2) is 9.59 Å². The van der Waals surface area contributed by atoms with E-state index in [1.165, 1.54) is 4.90 Å². The number of alkyl carbamates (subject to hydrolysis) is 1. The van der Waals surface area contributed by atoms with Crippen LogP contribution < -0.4 is 10.6 Å². The van der Waals surface area contributed by atoms with Crippen molar-refractivity contribution in [3.8, 4) is 12.3 Å². The van der Waals surface area contributed by atoms with Crippen LogP contribution in [0.5, 0.6) is 0 Å². The van der Waals surface area contributed by atoms with Gasteiger partial charge in [0.2, 0.25) is 11.8 Å². The Labute approximate surface area is 284 Å². The number of esters is 1. The number of carbonyl (C=O) groups excluding carboxylic acids is 4. The molecule has 9 heteroatoms. The van der Waals surface area contributed by atoms with Crippen LogP contribution in [-0.4, -0.2) is 58.6 Å². The van der Waals surface area contributed by atoms with Crippen LogP contribution in [0.1, 0.15) is 76.8 Å². The molecule has 3 unspecified atom stereocenters. The minimum atomic E-state index is -1.26. The van der Waals surface area contributed by atoms with Gasteiger partial charge in [-0.15, -0.1) is 6.42 Å². The molecule has 3 atom stereocenters. The minimum Gasteiger partial charge on any atom is -0.458 e. The number of ether oxygens (including phenoxy) is 2. The molecule has 0 fully saturated rings. The average Bonchev–Trinajstić information content (AvgIpc) is 3.02. The zero-order chi connectivity index (χ0) is 35.5. The summed E-state index contributed by atoms with van der Waals surface area (Å²) in [7, 11) is 0. The Kier molecular flexibility index (Phi) is 13.0. The lowest BCUT2D eigenvalue weighted by Crippen LogP contribution is -2.55. The number of amides is 3. The van der Waals surface area contributed by atoms with Crippen LogP contribution in [0, 0.1) is 12.3 Å². The zero-order valence-electron chi connectivity index (χ0n) is 28.9. The molecule has 2 N–H and O–H groups in total. The van der Waals surface area contributed by atoms with Crippen LogP contribution in [0.15, 0.2) is 84.9 Å². The van der Waals surface area contributed by atoms with Crippen LogP contribution in [0.4, 0.5) is 4.79 Å². The Bertz CT molecular complexity index is 1590. The van der Waals surface area contributed by atoms with E-state index in [0.717, 1.165) is 11.1 Å². The Morgan fingerprint density at radius 3 is 1.73 bits per heavy atom. The number of benzene rings is 3. The molecule has 0 saturated carbocycles. The van der Waals surface area contributed by atoms with Gasteiger partial charge in [-0.05, 0) is 71.2 Å². The largest absolute Gasteiger partial charge is 0.458 e. The molecule has 3 amide bonds. The molecule has 9 nitrogen and oxygen atoms in total. The van der Waals surface area contributed by atoms with Crippen molar-refractivity contribution in [3.05, 3.63) is 107 Å². The SMILES string of the molecule is C#Cc1ccccc1C(C(=O)NC(Cc1ccccc1)C(=O)OC(C)(C)C)N(CC)C(=O)C(Cc1ccccc1)NC(=O)OC(C)(C)C. The first-order valence-corrected chi connectivity index (χ1v) is 16.1. The molecule has 3 aromatic rings. The third kappa shape index (κ3) is 11.3. The molecule has 0 aliphatic carbocycles. The molecule has 0 spiro atoms. The van der Waals surface area contributed by atoms with Crippen molar-refractivity contribution in [2.45, 2.75) is 90.6 Å². The smallest absolute Gasteiger partial charge is 0.408 e. The Morgan fingerprint density at radius 2 is 1.23 bits per heavy atom. The van der Waals surface area contributed by atoms with Gasteiger partial charge >= 0.3 is 12.1 Å². The van der Waals surface area contributed by atoms with E-state index >= 15 is 0 Å². The summed E-state index contributed by atoms with van der Waals surface area (Å²) in [5, 5.41) is 5.61. The quantitative estimate of drug-likeness (QED) is 0.190. The molecule has 48 heavy (non-hydrogen) atoms. The first-order valence-electron chi connectivity index (χ1n) is 16.1. The summed E-state index contributed by atoms with van der Waals surface area (Å²) in [4.78, 5) is 56.9. The molecule has 0 heterocycles. The molecule has 254 valence electrons. The van der Waals surface area contributed by atoms with Crippen molar-refractivity contribution >= 4 is 23.9 Å². The molecule has 0 saturated heterocycles. The van der Waals surface area contributed by atoms with Crippen molar-refractivity contribution in [2.75, 3.05) is 6.54 Å². The number of hydrogen-bond acceptors (Lipinski definition) is 6. The predicted octanol–water partition coefficient (Wildman–Crippen LogP) is 5.76. The number of carbonyl (C=O) groups is 4. The molecule has 0 aliphatic heterocycles. The van der Waals surface area contributed by atoms with Crippen molar-refractivity contribution in [1.82, 2.24) is 15.5 Å². The Balaban J connectivity index is 2.08. The topological polar surface area (TPSA) is 114 Å². The number of likely N-dealkylation sites (N-methyl/N-ethyl adjacent to an activating group) is 1. The number of nitrogens with zero attached hydrogens (tertiary/aromatic N) is 1. The van der Waals surface area contributed by atoms with Crippen LogP contribution in [-0.2, 0) is 36.7 Å². The van der Waals surface area contributed by atoms with Gasteiger partial charge in [-0.1, -0.05) is 84.8 Å². The first-order chi connectivity index (χ1) is 22.6. The summed E-state index contributed by atoms with van der Waals surface area (Å²) < 4.78 is 11.2. The highest BCUT2D eigenvalue weighted by Crippen LogP contribution is 2.27. The molecular weight excluding hydrogens is 606 g/mol. The highest BCUT2D eigenvalue weighted by atomic mass is 16.6.